The normalized spacial score (nSPS) is 15.1. The van der Waals surface area contributed by atoms with Crippen molar-refractivity contribution in [1.82, 2.24) is 20.5 Å². The van der Waals surface area contributed by atoms with Crippen LogP contribution in [0, 0.1) is 6.92 Å². The number of rotatable bonds is 6. The maximum Gasteiger partial charge on any atom is 0.265 e. The van der Waals surface area contributed by atoms with Crippen LogP contribution in [0.1, 0.15) is 24.2 Å². The Morgan fingerprint density at radius 1 is 1.43 bits per heavy atom. The predicted molar refractivity (Wildman–Crippen MR) is 78.2 cm³/mol. The van der Waals surface area contributed by atoms with Crippen LogP contribution in [0.25, 0.3) is 0 Å². The fourth-order valence-corrected chi connectivity index (χ4v) is 3.51. The van der Waals surface area contributed by atoms with Crippen molar-refractivity contribution in [3.63, 3.8) is 0 Å². The van der Waals surface area contributed by atoms with Gasteiger partial charge in [-0.1, -0.05) is 0 Å². The smallest absolute Gasteiger partial charge is 0.265 e. The third-order valence-corrected chi connectivity index (χ3v) is 4.86. The Bertz CT molecular complexity index is 722. The Kier molecular flexibility index (Phi) is 3.64. The third-order valence-electron chi connectivity index (χ3n) is 3.28. The largest absolute Gasteiger partial charge is 0.308 e. The Balaban J connectivity index is 1.85. The summed E-state index contributed by atoms with van der Waals surface area (Å²) in [6, 6.07) is 3.82. The van der Waals surface area contributed by atoms with Gasteiger partial charge in [-0.05, 0) is 31.9 Å². The molecule has 2 aromatic rings. The summed E-state index contributed by atoms with van der Waals surface area (Å²) >= 11 is 0. The average molecular weight is 307 g/mol. The maximum absolute atomic E-state index is 12.5. The molecule has 8 heteroatoms. The number of hydrogen-bond donors (Lipinski definition) is 3. The first-order valence-electron chi connectivity index (χ1n) is 6.76. The van der Waals surface area contributed by atoms with Crippen LogP contribution in [-0.2, 0) is 16.6 Å². The molecule has 1 saturated carbocycles. The van der Waals surface area contributed by atoms with Gasteiger partial charge in [0.25, 0.3) is 10.0 Å². The molecule has 0 aliphatic heterocycles. The lowest BCUT2D eigenvalue weighted by atomic mass is 10.3. The molecule has 0 atom stereocenters. The zero-order valence-electron chi connectivity index (χ0n) is 11.6. The van der Waals surface area contributed by atoms with E-state index < -0.39 is 10.0 Å². The van der Waals surface area contributed by atoms with Gasteiger partial charge in [-0.3, -0.25) is 14.8 Å². The van der Waals surface area contributed by atoms with E-state index in [0.29, 0.717) is 29.7 Å². The highest BCUT2D eigenvalue weighted by molar-refractivity contribution is 7.92. The fraction of sp³-hybridized carbons (Fsp3) is 0.385. The first-order valence-corrected chi connectivity index (χ1v) is 8.24. The van der Waals surface area contributed by atoms with Gasteiger partial charge in [-0.2, -0.15) is 5.10 Å². The lowest BCUT2D eigenvalue weighted by molar-refractivity contribution is 0.596. The number of aromatic amines is 1. The lowest BCUT2D eigenvalue weighted by Gasteiger charge is -2.09. The summed E-state index contributed by atoms with van der Waals surface area (Å²) in [5.41, 5.74) is 1.47. The molecule has 7 nitrogen and oxygen atoms in total. The molecule has 0 aromatic carbocycles. The highest BCUT2D eigenvalue weighted by atomic mass is 32.2. The second-order valence-corrected chi connectivity index (χ2v) is 6.75. The van der Waals surface area contributed by atoms with Gasteiger partial charge in [0.1, 0.15) is 4.90 Å². The van der Waals surface area contributed by atoms with E-state index in [9.17, 15) is 8.42 Å². The first kappa shape index (κ1) is 14.0. The highest BCUT2D eigenvalue weighted by Crippen LogP contribution is 2.23. The summed E-state index contributed by atoms with van der Waals surface area (Å²) in [4.78, 5) is 4.11. The van der Waals surface area contributed by atoms with Crippen LogP contribution in [0.15, 0.2) is 29.4 Å². The van der Waals surface area contributed by atoms with Crippen LogP contribution in [0.3, 0.4) is 0 Å². The van der Waals surface area contributed by atoms with Crippen molar-refractivity contribution in [3.05, 3.63) is 35.9 Å². The van der Waals surface area contributed by atoms with E-state index in [0.717, 1.165) is 12.8 Å². The lowest BCUT2D eigenvalue weighted by Crippen LogP contribution is -2.20. The quantitative estimate of drug-likeness (QED) is 0.744. The molecule has 0 unspecified atom stereocenters. The van der Waals surface area contributed by atoms with E-state index in [-0.39, 0.29) is 4.90 Å². The van der Waals surface area contributed by atoms with E-state index in [1.54, 1.807) is 25.3 Å². The van der Waals surface area contributed by atoms with Gasteiger partial charge < -0.3 is 5.32 Å². The van der Waals surface area contributed by atoms with Crippen molar-refractivity contribution in [2.45, 2.75) is 37.2 Å². The molecular weight excluding hydrogens is 290 g/mol. The SMILES string of the molecule is Cc1[nH]nc(CNC2CC2)c1S(=O)(=O)Nc1cccnc1. The van der Waals surface area contributed by atoms with Gasteiger partial charge in [0, 0.05) is 18.8 Å². The molecule has 1 aliphatic carbocycles. The van der Waals surface area contributed by atoms with Crippen LogP contribution in [0.4, 0.5) is 5.69 Å². The molecule has 3 N–H and O–H groups in total. The van der Waals surface area contributed by atoms with Crippen LogP contribution in [0.2, 0.25) is 0 Å². The molecule has 1 fully saturated rings. The molecule has 2 aromatic heterocycles. The number of nitrogens with one attached hydrogen (secondary N) is 3. The van der Waals surface area contributed by atoms with Gasteiger partial charge in [0.15, 0.2) is 0 Å². The van der Waals surface area contributed by atoms with E-state index in [1.165, 1.54) is 6.20 Å². The molecule has 0 saturated heterocycles. The Labute approximate surface area is 123 Å². The standard InChI is InChI=1S/C13H17N5O2S/c1-9-13(12(17-16-9)8-15-10-4-5-10)21(19,20)18-11-3-2-6-14-7-11/h2-3,6-7,10,15,18H,4-5,8H2,1H3,(H,16,17). The zero-order valence-corrected chi connectivity index (χ0v) is 12.4. The summed E-state index contributed by atoms with van der Waals surface area (Å²) in [5.74, 6) is 0. The van der Waals surface area contributed by atoms with Gasteiger partial charge >= 0.3 is 0 Å². The maximum atomic E-state index is 12.5. The monoisotopic (exact) mass is 307 g/mol. The summed E-state index contributed by atoms with van der Waals surface area (Å²) in [5, 5.41) is 10.1. The second-order valence-electron chi connectivity index (χ2n) is 5.13. The van der Waals surface area contributed by atoms with E-state index in [2.05, 4.69) is 25.2 Å². The van der Waals surface area contributed by atoms with Gasteiger partial charge in [-0.15, -0.1) is 0 Å². The number of pyridine rings is 1. The fourth-order valence-electron chi connectivity index (χ4n) is 2.10. The summed E-state index contributed by atoms with van der Waals surface area (Å²) in [7, 11) is -3.68. The van der Waals surface area contributed by atoms with Gasteiger partial charge in [0.05, 0.1) is 23.3 Å². The van der Waals surface area contributed by atoms with Gasteiger partial charge in [-0.25, -0.2) is 8.42 Å². The molecule has 0 radical (unpaired) electrons. The van der Waals surface area contributed by atoms with Crippen molar-refractivity contribution in [3.8, 4) is 0 Å². The van der Waals surface area contributed by atoms with E-state index >= 15 is 0 Å². The molecular formula is C13H17N5O2S. The van der Waals surface area contributed by atoms with Crippen molar-refractivity contribution in [2.75, 3.05) is 4.72 Å². The van der Waals surface area contributed by atoms with Crippen LogP contribution in [-0.4, -0.2) is 29.6 Å². The van der Waals surface area contributed by atoms with Crippen molar-refractivity contribution in [1.29, 1.82) is 0 Å². The summed E-state index contributed by atoms with van der Waals surface area (Å²) in [6.07, 6.45) is 5.33. The molecule has 112 valence electrons. The molecule has 0 amide bonds. The first-order chi connectivity index (χ1) is 10.1. The number of aryl methyl sites for hydroxylation is 1. The number of aromatic nitrogens is 3. The minimum atomic E-state index is -3.68. The number of hydrogen-bond acceptors (Lipinski definition) is 5. The van der Waals surface area contributed by atoms with Crippen molar-refractivity contribution >= 4 is 15.7 Å². The molecule has 1 aliphatic rings. The molecule has 21 heavy (non-hydrogen) atoms. The van der Waals surface area contributed by atoms with Crippen LogP contribution in [0.5, 0.6) is 0 Å². The zero-order chi connectivity index (χ0) is 14.9. The Morgan fingerprint density at radius 2 is 2.24 bits per heavy atom. The number of nitrogens with zero attached hydrogens (tertiary/aromatic N) is 2. The molecule has 0 bridgehead atoms. The second kappa shape index (κ2) is 5.45. The third kappa shape index (κ3) is 3.22. The van der Waals surface area contributed by atoms with Crippen LogP contribution < -0.4 is 10.0 Å². The number of sulfonamides is 1. The summed E-state index contributed by atoms with van der Waals surface area (Å²) in [6.45, 7) is 2.14. The number of anilines is 1. The summed E-state index contributed by atoms with van der Waals surface area (Å²) < 4.78 is 27.6. The Hall–Kier alpha value is -1.93. The predicted octanol–water partition coefficient (Wildman–Crippen LogP) is 1.17. The van der Waals surface area contributed by atoms with Crippen molar-refractivity contribution < 1.29 is 8.42 Å². The topological polar surface area (TPSA) is 99.8 Å². The minimum absolute atomic E-state index is 0.208. The van der Waals surface area contributed by atoms with Crippen molar-refractivity contribution in [2.24, 2.45) is 0 Å². The van der Waals surface area contributed by atoms with E-state index in [4.69, 9.17) is 0 Å². The molecule has 3 rings (SSSR count). The van der Waals surface area contributed by atoms with E-state index in [1.807, 2.05) is 0 Å². The molecule has 2 heterocycles. The van der Waals surface area contributed by atoms with Crippen LogP contribution >= 0.6 is 0 Å². The van der Waals surface area contributed by atoms with Gasteiger partial charge in [0.2, 0.25) is 0 Å². The Morgan fingerprint density at radius 3 is 2.90 bits per heavy atom. The molecule has 0 spiro atoms. The average Bonchev–Trinajstić information content (AvgIpc) is 3.19. The number of H-pyrrole nitrogens is 1. The highest BCUT2D eigenvalue weighted by Gasteiger charge is 2.26. The minimum Gasteiger partial charge on any atom is -0.308 e.